The average molecular weight is 993 g/mol. The van der Waals surface area contributed by atoms with Crippen molar-refractivity contribution in [2.45, 2.75) is 103 Å². The molecule has 5 aliphatic rings. The van der Waals surface area contributed by atoms with Gasteiger partial charge in [0.1, 0.15) is 39.3 Å². The number of nitriles is 1. The molecule has 0 amide bonds. The fourth-order valence-corrected chi connectivity index (χ4v) is 10.9. The summed E-state index contributed by atoms with van der Waals surface area (Å²) in [7, 11) is 0. The fraction of sp³-hybridized carbons (Fsp3) is 0.491. The van der Waals surface area contributed by atoms with E-state index in [9.17, 15) is 34.7 Å². The van der Waals surface area contributed by atoms with Gasteiger partial charge in [0.05, 0.1) is 36.2 Å². The standard InChI is InChI=1S/C26H28N8O3.C25H30N6O3.C2H6/c27-13-16-2-1-9-34(15-16)25-30-20-14-28-32-23(35)21(20)22(31-25)29-17-3-5-18(6-4-17)33-10-7-26(8-11-33)12-19(26)24(36)37;32-24-21-20(15-26-30-24)28-22(16-5-3-1-2-4-6-16)29-23(21)27-18-7-9-19(10-8-18)31-13-11-17(12-14-31)25(33)34;1-2/h3-6,14,16,19H,1-2,7-12,15H2,(H,32,35)(H,36,37)(H,29,30,31);7-10,15-17H,1-6,11-14H2,(H,30,32)(H,33,34)(H,27,28,29);1-2H3. The van der Waals surface area contributed by atoms with Crippen molar-refractivity contribution in [3.63, 3.8) is 0 Å². The summed E-state index contributed by atoms with van der Waals surface area (Å²) in [6.45, 7) is 8.45. The van der Waals surface area contributed by atoms with Gasteiger partial charge in [0.25, 0.3) is 11.1 Å². The third kappa shape index (κ3) is 11.4. The molecule has 382 valence electrons. The van der Waals surface area contributed by atoms with Crippen molar-refractivity contribution in [1.29, 1.82) is 5.26 Å². The summed E-state index contributed by atoms with van der Waals surface area (Å²) in [5, 5.41) is 48.1. The number of nitrogens with zero attached hydrogens (tertiary/aromatic N) is 10. The molecule has 5 fully saturated rings. The quantitative estimate of drug-likeness (QED) is 0.0707. The number of aliphatic carboxylic acids is 2. The zero-order valence-electron chi connectivity index (χ0n) is 41.5. The monoisotopic (exact) mass is 993 g/mol. The van der Waals surface area contributed by atoms with E-state index in [1.165, 1.54) is 31.9 Å². The predicted molar refractivity (Wildman–Crippen MR) is 280 cm³/mol. The Morgan fingerprint density at radius 3 is 1.74 bits per heavy atom. The molecule has 2 saturated carbocycles. The van der Waals surface area contributed by atoms with Crippen molar-refractivity contribution >= 4 is 74.1 Å². The van der Waals surface area contributed by atoms with Gasteiger partial charge >= 0.3 is 11.9 Å². The van der Waals surface area contributed by atoms with E-state index in [0.717, 1.165) is 106 Å². The Bertz CT molecular complexity index is 3060. The normalized spacial score (nSPS) is 19.9. The molecule has 20 heteroatoms. The number of carboxylic acids is 2. The van der Waals surface area contributed by atoms with Crippen LogP contribution in [0.4, 0.5) is 40.3 Å². The number of fused-ring (bicyclic) bond motifs is 2. The van der Waals surface area contributed by atoms with Crippen LogP contribution in [0.15, 0.2) is 70.5 Å². The van der Waals surface area contributed by atoms with Gasteiger partial charge in [-0.15, -0.1) is 0 Å². The van der Waals surface area contributed by atoms with Crippen LogP contribution in [-0.4, -0.2) is 102 Å². The molecule has 73 heavy (non-hydrogen) atoms. The minimum Gasteiger partial charge on any atom is -0.481 e. The number of carbonyl (C=O) groups is 2. The smallest absolute Gasteiger partial charge is 0.307 e. The topological polar surface area (TPSA) is 275 Å². The van der Waals surface area contributed by atoms with Gasteiger partial charge in [-0.2, -0.15) is 20.4 Å². The first-order chi connectivity index (χ1) is 35.5. The lowest BCUT2D eigenvalue weighted by atomic mass is 9.90. The Morgan fingerprint density at radius 2 is 1.21 bits per heavy atom. The van der Waals surface area contributed by atoms with Gasteiger partial charge in [0.15, 0.2) is 0 Å². The number of H-pyrrole nitrogens is 2. The molecule has 6 aromatic rings. The van der Waals surface area contributed by atoms with E-state index in [2.05, 4.69) is 51.9 Å². The van der Waals surface area contributed by atoms with Crippen LogP contribution in [0.2, 0.25) is 0 Å². The fourth-order valence-electron chi connectivity index (χ4n) is 10.9. The van der Waals surface area contributed by atoms with Crippen LogP contribution in [0.25, 0.3) is 21.8 Å². The lowest BCUT2D eigenvalue weighted by molar-refractivity contribution is -0.142. The second-order valence-corrected chi connectivity index (χ2v) is 19.7. The third-order valence-corrected chi connectivity index (χ3v) is 15.2. The number of hydrogen-bond donors (Lipinski definition) is 6. The van der Waals surface area contributed by atoms with Crippen molar-refractivity contribution in [1.82, 2.24) is 40.3 Å². The molecule has 2 unspecified atom stereocenters. The molecule has 6 N–H and O–H groups in total. The van der Waals surface area contributed by atoms with Crippen LogP contribution < -0.4 is 36.5 Å². The molecule has 0 bridgehead atoms. The van der Waals surface area contributed by atoms with E-state index in [1.807, 2.05) is 67.3 Å². The van der Waals surface area contributed by atoms with E-state index in [-0.39, 0.29) is 34.3 Å². The number of carboxylic acid groups (broad SMARTS) is 2. The van der Waals surface area contributed by atoms with Gasteiger partial charge < -0.3 is 35.5 Å². The summed E-state index contributed by atoms with van der Waals surface area (Å²) in [4.78, 5) is 73.1. The Labute approximate surface area is 422 Å². The highest BCUT2D eigenvalue weighted by Crippen LogP contribution is 2.59. The minimum atomic E-state index is -0.704. The lowest BCUT2D eigenvalue weighted by Gasteiger charge is -2.34. The second kappa shape index (κ2) is 22.4. The lowest BCUT2D eigenvalue weighted by Crippen LogP contribution is -2.36. The van der Waals surface area contributed by atoms with Crippen LogP contribution in [0.1, 0.15) is 109 Å². The average Bonchev–Trinajstić information content (AvgIpc) is 4.20. The molecule has 4 aromatic heterocycles. The zero-order chi connectivity index (χ0) is 51.1. The van der Waals surface area contributed by atoms with Crippen molar-refractivity contribution in [2.75, 3.05) is 64.6 Å². The van der Waals surface area contributed by atoms with Gasteiger partial charge in [-0.25, -0.2) is 25.1 Å². The molecule has 3 aliphatic heterocycles. The van der Waals surface area contributed by atoms with Crippen LogP contribution in [0.5, 0.6) is 0 Å². The number of rotatable bonds is 10. The van der Waals surface area contributed by atoms with Gasteiger partial charge in [0.2, 0.25) is 5.95 Å². The molecule has 2 atom stereocenters. The molecule has 20 nitrogen and oxygen atoms in total. The molecular weight excluding hydrogens is 929 g/mol. The number of benzene rings is 2. The summed E-state index contributed by atoms with van der Waals surface area (Å²) in [5.41, 5.74) is 4.05. The van der Waals surface area contributed by atoms with Crippen molar-refractivity contribution in [3.05, 3.63) is 87.5 Å². The molecule has 3 saturated heterocycles. The van der Waals surface area contributed by atoms with E-state index in [0.29, 0.717) is 64.7 Å². The molecule has 11 rings (SSSR count). The maximum absolute atomic E-state index is 12.6. The summed E-state index contributed by atoms with van der Waals surface area (Å²) >= 11 is 0. The SMILES string of the molecule is CC.N#CC1CCCN(c2nc(Nc3ccc(N4CCC5(CC4)CC5C(=O)O)cc3)c3c(=O)[nH]ncc3n2)C1.O=C(O)C1CCN(c2ccc(Nc3nc(C4CCCCCC4)nc4cn[nH]c(=O)c34)cc2)CC1. The number of piperidine rings is 3. The minimum absolute atomic E-state index is 0.000859. The highest BCUT2D eigenvalue weighted by molar-refractivity contribution is 5.91. The second-order valence-electron chi connectivity index (χ2n) is 19.7. The predicted octanol–water partition coefficient (Wildman–Crippen LogP) is 8.11. The van der Waals surface area contributed by atoms with Crippen molar-refractivity contribution < 1.29 is 19.8 Å². The van der Waals surface area contributed by atoms with E-state index in [1.54, 1.807) is 6.20 Å². The maximum Gasteiger partial charge on any atom is 0.307 e. The number of nitrogens with one attached hydrogen (secondary N) is 4. The van der Waals surface area contributed by atoms with Gasteiger partial charge in [-0.3, -0.25) is 19.2 Å². The van der Waals surface area contributed by atoms with Gasteiger partial charge in [0, 0.05) is 67.9 Å². The van der Waals surface area contributed by atoms with E-state index in [4.69, 9.17) is 15.0 Å². The number of aromatic amines is 2. The van der Waals surface area contributed by atoms with Crippen LogP contribution in [0.3, 0.4) is 0 Å². The van der Waals surface area contributed by atoms with Gasteiger partial charge in [-0.1, -0.05) is 39.5 Å². The first-order valence-electron chi connectivity index (χ1n) is 25.9. The van der Waals surface area contributed by atoms with E-state index >= 15 is 0 Å². The number of anilines is 7. The highest BCUT2D eigenvalue weighted by Gasteiger charge is 2.58. The first kappa shape index (κ1) is 50.3. The van der Waals surface area contributed by atoms with Crippen molar-refractivity contribution in [3.8, 4) is 6.07 Å². The molecular formula is C53H64N14O6. The number of aromatic nitrogens is 8. The first-order valence-corrected chi connectivity index (χ1v) is 25.9. The summed E-state index contributed by atoms with van der Waals surface area (Å²) < 4.78 is 0. The maximum atomic E-state index is 12.6. The molecule has 0 radical (unpaired) electrons. The largest absolute Gasteiger partial charge is 0.481 e. The third-order valence-electron chi connectivity index (χ3n) is 15.2. The molecule has 2 aliphatic carbocycles. The Balaban J connectivity index is 0.000000175. The van der Waals surface area contributed by atoms with Crippen LogP contribution in [-0.2, 0) is 9.59 Å². The van der Waals surface area contributed by atoms with E-state index < -0.39 is 11.9 Å². The molecule has 1 spiro atoms. The number of hydrogen-bond acceptors (Lipinski definition) is 16. The summed E-state index contributed by atoms with van der Waals surface area (Å²) in [6, 6.07) is 18.3. The van der Waals surface area contributed by atoms with Gasteiger partial charge in [-0.05, 0) is 112 Å². The molecule has 2 aromatic carbocycles. The zero-order valence-corrected chi connectivity index (χ0v) is 41.5. The summed E-state index contributed by atoms with van der Waals surface area (Å²) in [6.07, 6.45) is 15.7. The molecule has 7 heterocycles. The summed E-state index contributed by atoms with van der Waals surface area (Å²) in [5.74, 6) is 0.571. The highest BCUT2D eigenvalue weighted by atomic mass is 16.4. The van der Waals surface area contributed by atoms with Crippen LogP contribution >= 0.6 is 0 Å². The van der Waals surface area contributed by atoms with Crippen molar-refractivity contribution in [2.24, 2.45) is 23.2 Å². The Hall–Kier alpha value is -7.69. The van der Waals surface area contributed by atoms with Crippen LogP contribution in [0, 0.1) is 34.5 Å². The Morgan fingerprint density at radius 1 is 0.658 bits per heavy atom. The Kier molecular flexibility index (Phi) is 15.4.